The first-order valence-electron chi connectivity index (χ1n) is 13.0. The van der Waals surface area contributed by atoms with E-state index in [4.69, 9.17) is 4.74 Å². The predicted molar refractivity (Wildman–Crippen MR) is 139 cm³/mol. The number of piperazine rings is 1. The van der Waals surface area contributed by atoms with E-state index in [1.165, 1.54) is 33.7 Å². The van der Waals surface area contributed by atoms with Gasteiger partial charge in [-0.25, -0.2) is 27.6 Å². The third kappa shape index (κ3) is 6.11. The lowest BCUT2D eigenvalue weighted by atomic mass is 10.1. The molecule has 0 spiro atoms. The van der Waals surface area contributed by atoms with E-state index < -0.39 is 48.4 Å². The van der Waals surface area contributed by atoms with Gasteiger partial charge in [0.2, 0.25) is 11.9 Å². The van der Waals surface area contributed by atoms with Gasteiger partial charge >= 0.3 is 6.09 Å². The molecule has 3 amide bonds. The number of aromatic nitrogens is 4. The van der Waals surface area contributed by atoms with E-state index in [-0.39, 0.29) is 67.8 Å². The molecule has 0 unspecified atom stereocenters. The van der Waals surface area contributed by atoms with Crippen molar-refractivity contribution in [2.24, 2.45) is 0 Å². The smallest absolute Gasteiger partial charge is 0.414 e. The number of nitrogens with one attached hydrogen (secondary N) is 1. The first-order chi connectivity index (χ1) is 20.1. The molecular weight excluding hydrogens is 564 g/mol. The van der Waals surface area contributed by atoms with Gasteiger partial charge < -0.3 is 19.9 Å². The first kappa shape index (κ1) is 28.8. The van der Waals surface area contributed by atoms with E-state index in [0.29, 0.717) is 0 Å². The van der Waals surface area contributed by atoms with E-state index in [9.17, 15) is 23.2 Å². The van der Waals surface area contributed by atoms with Gasteiger partial charge in [0.05, 0.1) is 30.5 Å². The molecule has 3 aromatic rings. The lowest BCUT2D eigenvalue weighted by Gasteiger charge is -2.37. The second-order valence-corrected chi connectivity index (χ2v) is 9.82. The summed E-state index contributed by atoms with van der Waals surface area (Å²) in [7, 11) is 0. The number of carbonyl (C=O) groups excluding carboxylic acids is 3. The second-order valence-electron chi connectivity index (χ2n) is 9.82. The summed E-state index contributed by atoms with van der Waals surface area (Å²) in [6.45, 7) is 1.32. The number of carbonyl (C=O) groups is 3. The van der Waals surface area contributed by atoms with Crippen LogP contribution < -0.4 is 15.1 Å². The molecule has 12 nitrogen and oxygen atoms in total. The molecule has 16 heteroatoms. The van der Waals surface area contributed by atoms with Crippen LogP contribution in [0.15, 0.2) is 36.7 Å². The maximum Gasteiger partial charge on any atom is 0.414 e. The number of hydrogen-bond acceptors (Lipinski definition) is 8. The summed E-state index contributed by atoms with van der Waals surface area (Å²) >= 11 is 0. The molecule has 0 aliphatic carbocycles. The molecule has 2 fully saturated rings. The normalized spacial score (nSPS) is 17.8. The van der Waals surface area contributed by atoms with E-state index in [0.717, 1.165) is 29.3 Å². The highest BCUT2D eigenvalue weighted by atomic mass is 19.1. The van der Waals surface area contributed by atoms with Crippen molar-refractivity contribution in [3.63, 3.8) is 0 Å². The highest BCUT2D eigenvalue weighted by Gasteiger charge is 2.35. The van der Waals surface area contributed by atoms with Gasteiger partial charge in [0.25, 0.3) is 5.91 Å². The van der Waals surface area contributed by atoms with Gasteiger partial charge in [0.1, 0.15) is 30.2 Å². The number of alkyl halides is 1. The lowest BCUT2D eigenvalue weighted by Crippen LogP contribution is -2.54. The van der Waals surface area contributed by atoms with Crippen molar-refractivity contribution in [1.82, 2.24) is 30.2 Å². The summed E-state index contributed by atoms with van der Waals surface area (Å²) in [5.41, 5.74) is -0.0992. The fourth-order valence-corrected chi connectivity index (χ4v) is 4.81. The Balaban J connectivity index is 1.17. The van der Waals surface area contributed by atoms with Crippen LogP contribution in [-0.2, 0) is 22.8 Å². The zero-order valence-electron chi connectivity index (χ0n) is 22.3. The Morgan fingerprint density at radius 1 is 1.12 bits per heavy atom. The standard InChI is InChI=1S/C26H26F4N8O4/c1-15(32-24(39)16-2-3-22(30)31-11-16)25(40)36-6-4-35(5-7-36)23-20(28)8-18(9-21(23)29)38-14-19(42-26(38)41)13-37-12-17(10-27)33-34-37/h2-3,8-9,11-12,15,19H,4-7,10,13-14H2,1H3,(H,32,39)/t15-,19-/m0/s1. The third-order valence-electron chi connectivity index (χ3n) is 6.92. The summed E-state index contributed by atoms with van der Waals surface area (Å²) < 4.78 is 62.7. The predicted octanol–water partition coefficient (Wildman–Crippen LogP) is 2.05. The van der Waals surface area contributed by atoms with Gasteiger partial charge in [0, 0.05) is 44.5 Å². The molecule has 2 atom stereocenters. The van der Waals surface area contributed by atoms with Crippen molar-refractivity contribution in [1.29, 1.82) is 0 Å². The van der Waals surface area contributed by atoms with E-state index >= 15 is 8.78 Å². The van der Waals surface area contributed by atoms with Crippen molar-refractivity contribution < 1.29 is 36.7 Å². The molecule has 2 aromatic heterocycles. The van der Waals surface area contributed by atoms with Crippen LogP contribution in [0.5, 0.6) is 0 Å². The number of hydrogen-bond donors (Lipinski definition) is 1. The maximum absolute atomic E-state index is 15.2. The molecule has 5 rings (SSSR count). The Hall–Kier alpha value is -4.76. The second kappa shape index (κ2) is 12.0. The van der Waals surface area contributed by atoms with Gasteiger partial charge in [0.15, 0.2) is 11.6 Å². The quantitative estimate of drug-likeness (QED) is 0.312. The Bertz CT molecular complexity index is 1460. The van der Waals surface area contributed by atoms with Gasteiger partial charge in [-0.3, -0.25) is 14.5 Å². The molecular formula is C26H26F4N8O4. The highest BCUT2D eigenvalue weighted by molar-refractivity contribution is 5.97. The van der Waals surface area contributed by atoms with Crippen molar-refractivity contribution >= 4 is 29.3 Å². The molecule has 4 heterocycles. The molecule has 1 aromatic carbocycles. The van der Waals surface area contributed by atoms with Crippen LogP contribution in [0.3, 0.4) is 0 Å². The lowest BCUT2D eigenvalue weighted by molar-refractivity contribution is -0.133. The van der Waals surface area contributed by atoms with Crippen LogP contribution in [0.1, 0.15) is 23.0 Å². The number of pyridine rings is 1. The van der Waals surface area contributed by atoms with Crippen molar-refractivity contribution in [2.45, 2.75) is 32.3 Å². The van der Waals surface area contributed by atoms with Crippen molar-refractivity contribution in [3.05, 3.63) is 65.5 Å². The minimum absolute atomic E-state index is 0.00490. The van der Waals surface area contributed by atoms with Crippen LogP contribution in [0.2, 0.25) is 0 Å². The number of benzene rings is 1. The number of cyclic esters (lactones) is 1. The van der Waals surface area contributed by atoms with E-state index in [1.54, 1.807) is 0 Å². The Morgan fingerprint density at radius 2 is 1.83 bits per heavy atom. The number of nitrogens with zero attached hydrogens (tertiary/aromatic N) is 7. The zero-order valence-corrected chi connectivity index (χ0v) is 22.3. The minimum Gasteiger partial charge on any atom is -0.442 e. The van der Waals surface area contributed by atoms with Crippen LogP contribution in [-0.4, -0.2) is 87.7 Å². The molecule has 0 radical (unpaired) electrons. The number of ether oxygens (including phenoxy) is 1. The first-order valence-corrected chi connectivity index (χ1v) is 13.0. The zero-order chi connectivity index (χ0) is 30.0. The average molecular weight is 591 g/mol. The van der Waals surface area contributed by atoms with Crippen LogP contribution in [0.25, 0.3) is 0 Å². The molecule has 2 aliphatic rings. The Morgan fingerprint density at radius 3 is 2.45 bits per heavy atom. The van der Waals surface area contributed by atoms with Gasteiger partial charge in [-0.05, 0) is 19.1 Å². The number of rotatable bonds is 8. The summed E-state index contributed by atoms with van der Waals surface area (Å²) in [5, 5.41) is 9.92. The molecule has 2 aliphatic heterocycles. The third-order valence-corrected chi connectivity index (χ3v) is 6.92. The summed E-state index contributed by atoms with van der Waals surface area (Å²) in [6, 6.07) is 3.46. The van der Waals surface area contributed by atoms with Crippen LogP contribution in [0, 0.1) is 17.6 Å². The average Bonchev–Trinajstić information content (AvgIpc) is 3.58. The SMILES string of the molecule is C[C@H](NC(=O)c1ccc(F)nc1)C(=O)N1CCN(c2c(F)cc(N3C[C@H](Cn4cc(CF)nn4)OC3=O)cc2F)CC1. The van der Waals surface area contributed by atoms with Crippen molar-refractivity contribution in [3.8, 4) is 0 Å². The largest absolute Gasteiger partial charge is 0.442 e. The van der Waals surface area contributed by atoms with Gasteiger partial charge in [-0.15, -0.1) is 5.10 Å². The summed E-state index contributed by atoms with van der Waals surface area (Å²) in [6.07, 6.45) is 0.952. The topological polar surface area (TPSA) is 126 Å². The number of amides is 3. The minimum atomic E-state index is -0.902. The fourth-order valence-electron chi connectivity index (χ4n) is 4.81. The molecule has 1 N–H and O–H groups in total. The molecule has 0 saturated carbocycles. The highest BCUT2D eigenvalue weighted by Crippen LogP contribution is 2.32. The Kier molecular flexibility index (Phi) is 8.22. The monoisotopic (exact) mass is 590 g/mol. The summed E-state index contributed by atoms with van der Waals surface area (Å²) in [4.78, 5) is 45.1. The van der Waals surface area contributed by atoms with Crippen LogP contribution >= 0.6 is 0 Å². The molecule has 42 heavy (non-hydrogen) atoms. The maximum atomic E-state index is 15.2. The van der Waals surface area contributed by atoms with Gasteiger partial charge in [-0.1, -0.05) is 5.21 Å². The fraction of sp³-hybridized carbons (Fsp3) is 0.385. The number of anilines is 2. The van der Waals surface area contributed by atoms with Crippen molar-refractivity contribution in [2.75, 3.05) is 42.5 Å². The molecule has 2 saturated heterocycles. The number of halogens is 4. The van der Waals surface area contributed by atoms with Crippen LogP contribution in [0.4, 0.5) is 33.7 Å². The van der Waals surface area contributed by atoms with E-state index in [2.05, 4.69) is 20.6 Å². The van der Waals surface area contributed by atoms with Gasteiger partial charge in [-0.2, -0.15) is 4.39 Å². The Labute approximate surface area is 236 Å². The molecule has 222 valence electrons. The van der Waals surface area contributed by atoms with E-state index in [1.807, 2.05) is 0 Å². The summed E-state index contributed by atoms with van der Waals surface area (Å²) in [5.74, 6) is -3.50. The molecule has 0 bridgehead atoms.